The number of carbonyl (C=O) groups is 1. The van der Waals surface area contributed by atoms with E-state index in [4.69, 9.17) is 14.6 Å². The van der Waals surface area contributed by atoms with Crippen molar-refractivity contribution >= 4 is 5.97 Å². The van der Waals surface area contributed by atoms with Crippen LogP contribution in [0.1, 0.15) is 45.2 Å². The fourth-order valence-electron chi connectivity index (χ4n) is 3.07. The minimum Gasteiger partial charge on any atom is -0.490 e. The molecule has 0 spiro atoms. The maximum Gasteiger partial charge on any atom is 0.306 e. The predicted octanol–water partition coefficient (Wildman–Crippen LogP) is 3.34. The Kier molecular flexibility index (Phi) is 6.28. The first-order valence-electron chi connectivity index (χ1n) is 8.43. The van der Waals surface area contributed by atoms with Crippen molar-refractivity contribution in [1.29, 1.82) is 0 Å². The number of benzene rings is 1. The summed E-state index contributed by atoms with van der Waals surface area (Å²) in [6, 6.07) is 6.31. The number of piperidine rings is 1. The van der Waals surface area contributed by atoms with Gasteiger partial charge in [0.05, 0.1) is 19.1 Å². The van der Waals surface area contributed by atoms with Crippen molar-refractivity contribution in [3.05, 3.63) is 23.8 Å². The lowest BCUT2D eigenvalue weighted by Crippen LogP contribution is -2.37. The summed E-state index contributed by atoms with van der Waals surface area (Å²) in [4.78, 5) is 13.4. The zero-order valence-corrected chi connectivity index (χ0v) is 14.2. The summed E-state index contributed by atoms with van der Waals surface area (Å²) < 4.78 is 11.3. The second-order valence-corrected chi connectivity index (χ2v) is 5.90. The molecule has 1 heterocycles. The summed E-state index contributed by atoms with van der Waals surface area (Å²) in [5, 5.41) is 9.11. The van der Waals surface area contributed by atoms with Crippen molar-refractivity contribution in [2.24, 2.45) is 5.92 Å². The molecule has 1 aromatic carbocycles. The van der Waals surface area contributed by atoms with Crippen LogP contribution in [0, 0.1) is 5.92 Å². The molecular formula is C18H27NO4. The van der Waals surface area contributed by atoms with Crippen LogP contribution >= 0.6 is 0 Å². The highest BCUT2D eigenvalue weighted by molar-refractivity contribution is 5.70. The van der Waals surface area contributed by atoms with Crippen LogP contribution in [0.15, 0.2) is 18.2 Å². The van der Waals surface area contributed by atoms with Crippen molar-refractivity contribution in [2.75, 3.05) is 26.3 Å². The van der Waals surface area contributed by atoms with E-state index in [2.05, 4.69) is 17.9 Å². The van der Waals surface area contributed by atoms with E-state index >= 15 is 0 Å². The molecule has 5 nitrogen and oxygen atoms in total. The fraction of sp³-hybridized carbons (Fsp3) is 0.611. The summed E-state index contributed by atoms with van der Waals surface area (Å²) in [6.45, 7) is 8.91. The van der Waals surface area contributed by atoms with Gasteiger partial charge in [-0.3, -0.25) is 9.69 Å². The van der Waals surface area contributed by atoms with Gasteiger partial charge in [0.2, 0.25) is 0 Å². The molecule has 2 rings (SSSR count). The van der Waals surface area contributed by atoms with Crippen LogP contribution in [0.4, 0.5) is 0 Å². The minimum atomic E-state index is -0.669. The largest absolute Gasteiger partial charge is 0.490 e. The lowest BCUT2D eigenvalue weighted by Gasteiger charge is -2.35. The van der Waals surface area contributed by atoms with Gasteiger partial charge in [0.15, 0.2) is 11.5 Å². The minimum absolute atomic E-state index is 0.197. The highest BCUT2D eigenvalue weighted by Gasteiger charge is 2.27. The van der Waals surface area contributed by atoms with E-state index in [0.29, 0.717) is 13.2 Å². The number of ether oxygens (including phenoxy) is 2. The number of aliphatic carboxylic acids is 1. The second-order valence-electron chi connectivity index (χ2n) is 5.90. The monoisotopic (exact) mass is 321 g/mol. The van der Waals surface area contributed by atoms with Crippen molar-refractivity contribution in [3.63, 3.8) is 0 Å². The van der Waals surface area contributed by atoms with Gasteiger partial charge in [0, 0.05) is 6.04 Å². The van der Waals surface area contributed by atoms with Gasteiger partial charge in [0.1, 0.15) is 0 Å². The Labute approximate surface area is 138 Å². The number of hydrogen-bond acceptors (Lipinski definition) is 4. The molecular weight excluding hydrogens is 294 g/mol. The number of likely N-dealkylation sites (tertiary alicyclic amines) is 1. The topological polar surface area (TPSA) is 59.0 Å². The average Bonchev–Trinajstić information content (AvgIpc) is 2.56. The quantitative estimate of drug-likeness (QED) is 0.834. The molecule has 1 aliphatic heterocycles. The molecule has 0 aromatic heterocycles. The van der Waals surface area contributed by atoms with Gasteiger partial charge >= 0.3 is 5.97 Å². The maximum absolute atomic E-state index is 11.1. The molecule has 0 saturated carbocycles. The fourth-order valence-corrected chi connectivity index (χ4v) is 3.07. The van der Waals surface area contributed by atoms with Crippen LogP contribution in [0.2, 0.25) is 0 Å². The predicted molar refractivity (Wildman–Crippen MR) is 89.1 cm³/mol. The molecule has 1 N–H and O–H groups in total. The molecule has 128 valence electrons. The standard InChI is InChI=1S/C18H27NO4/c1-4-22-16-7-6-15(12-17(16)23-5-2)13(3)19-10-8-14(9-11-19)18(20)21/h6-7,12-14H,4-5,8-11H2,1-3H3,(H,20,21). The first kappa shape index (κ1) is 17.6. The average molecular weight is 321 g/mol. The third-order valence-corrected chi connectivity index (χ3v) is 4.48. The molecule has 0 amide bonds. The Morgan fingerprint density at radius 2 is 1.83 bits per heavy atom. The Balaban J connectivity index is 2.08. The van der Waals surface area contributed by atoms with E-state index in [1.165, 1.54) is 5.56 Å². The SMILES string of the molecule is CCOc1ccc(C(C)N2CCC(C(=O)O)CC2)cc1OCC. The van der Waals surface area contributed by atoms with Gasteiger partial charge in [-0.1, -0.05) is 6.07 Å². The van der Waals surface area contributed by atoms with Gasteiger partial charge < -0.3 is 14.6 Å². The molecule has 1 aliphatic rings. The maximum atomic E-state index is 11.1. The Hall–Kier alpha value is -1.75. The Morgan fingerprint density at radius 1 is 1.22 bits per heavy atom. The van der Waals surface area contributed by atoms with Gasteiger partial charge in [0.25, 0.3) is 0 Å². The Morgan fingerprint density at radius 3 is 2.39 bits per heavy atom. The van der Waals surface area contributed by atoms with E-state index in [0.717, 1.165) is 37.4 Å². The van der Waals surface area contributed by atoms with Crippen LogP contribution in [-0.2, 0) is 4.79 Å². The van der Waals surface area contributed by atoms with Crippen LogP contribution in [0.25, 0.3) is 0 Å². The van der Waals surface area contributed by atoms with E-state index in [1.807, 2.05) is 26.0 Å². The molecule has 5 heteroatoms. The number of carboxylic acid groups (broad SMARTS) is 1. The van der Waals surface area contributed by atoms with Gasteiger partial charge in [-0.15, -0.1) is 0 Å². The highest BCUT2D eigenvalue weighted by atomic mass is 16.5. The molecule has 23 heavy (non-hydrogen) atoms. The normalized spacial score (nSPS) is 17.7. The molecule has 0 aliphatic carbocycles. The number of hydrogen-bond donors (Lipinski definition) is 1. The number of carboxylic acids is 1. The van der Waals surface area contributed by atoms with E-state index in [1.54, 1.807) is 0 Å². The first-order valence-corrected chi connectivity index (χ1v) is 8.43. The first-order chi connectivity index (χ1) is 11.1. The molecule has 0 bridgehead atoms. The zero-order valence-electron chi connectivity index (χ0n) is 14.2. The van der Waals surface area contributed by atoms with E-state index in [-0.39, 0.29) is 12.0 Å². The smallest absolute Gasteiger partial charge is 0.306 e. The van der Waals surface area contributed by atoms with Crippen molar-refractivity contribution in [2.45, 2.75) is 39.7 Å². The van der Waals surface area contributed by atoms with Crippen molar-refractivity contribution in [1.82, 2.24) is 4.90 Å². The van der Waals surface area contributed by atoms with Crippen LogP contribution in [0.3, 0.4) is 0 Å². The second kappa shape index (κ2) is 8.20. The lowest BCUT2D eigenvalue weighted by molar-refractivity contribution is -0.143. The Bertz CT molecular complexity index is 524. The summed E-state index contributed by atoms with van der Waals surface area (Å²) in [5.41, 5.74) is 1.17. The third kappa shape index (κ3) is 4.38. The molecule has 1 fully saturated rings. The van der Waals surface area contributed by atoms with Crippen molar-refractivity contribution in [3.8, 4) is 11.5 Å². The summed E-state index contributed by atoms with van der Waals surface area (Å²) in [6.07, 6.45) is 1.43. The van der Waals surface area contributed by atoms with E-state index < -0.39 is 5.97 Å². The van der Waals surface area contributed by atoms with Gasteiger partial charge in [-0.25, -0.2) is 0 Å². The number of nitrogens with zero attached hydrogens (tertiary/aromatic N) is 1. The lowest BCUT2D eigenvalue weighted by atomic mass is 9.95. The number of rotatable bonds is 7. The summed E-state index contributed by atoms with van der Waals surface area (Å²) in [7, 11) is 0. The molecule has 1 atom stereocenters. The van der Waals surface area contributed by atoms with Crippen molar-refractivity contribution < 1.29 is 19.4 Å². The van der Waals surface area contributed by atoms with Crippen LogP contribution in [0.5, 0.6) is 11.5 Å². The third-order valence-electron chi connectivity index (χ3n) is 4.48. The molecule has 1 saturated heterocycles. The van der Waals surface area contributed by atoms with Crippen LogP contribution in [-0.4, -0.2) is 42.3 Å². The molecule has 0 radical (unpaired) electrons. The molecule has 1 aromatic rings. The summed E-state index contributed by atoms with van der Waals surface area (Å²) in [5.74, 6) is 0.684. The van der Waals surface area contributed by atoms with Crippen LogP contribution < -0.4 is 9.47 Å². The highest BCUT2D eigenvalue weighted by Crippen LogP contribution is 2.33. The molecule has 1 unspecified atom stereocenters. The van der Waals surface area contributed by atoms with E-state index in [9.17, 15) is 4.79 Å². The summed E-state index contributed by atoms with van der Waals surface area (Å²) >= 11 is 0. The van der Waals surface area contributed by atoms with Gasteiger partial charge in [-0.05, 0) is 64.4 Å². The van der Waals surface area contributed by atoms with Gasteiger partial charge in [-0.2, -0.15) is 0 Å². The zero-order chi connectivity index (χ0) is 16.8.